The van der Waals surface area contributed by atoms with Crippen molar-refractivity contribution in [3.8, 4) is 0 Å². The largest absolute Gasteiger partial charge is 0.316 e. The van der Waals surface area contributed by atoms with Gasteiger partial charge in [0.15, 0.2) is 0 Å². The molecule has 0 saturated heterocycles. The SMILES string of the molecule is CCNCC(Cc1ccc(C)cc1)c1ccccc1F. The predicted octanol–water partition coefficient (Wildman–Crippen LogP) is 4.07. The molecule has 0 aliphatic rings. The molecule has 0 spiro atoms. The quantitative estimate of drug-likeness (QED) is 0.835. The Kier molecular flexibility index (Phi) is 5.31. The van der Waals surface area contributed by atoms with Crippen molar-refractivity contribution in [2.24, 2.45) is 0 Å². The minimum Gasteiger partial charge on any atom is -0.316 e. The third-order valence-electron chi connectivity index (χ3n) is 3.59. The second-order valence-electron chi connectivity index (χ2n) is 5.22. The van der Waals surface area contributed by atoms with E-state index in [2.05, 4.69) is 43.4 Å². The van der Waals surface area contributed by atoms with Crippen LogP contribution in [0.25, 0.3) is 0 Å². The van der Waals surface area contributed by atoms with Gasteiger partial charge >= 0.3 is 0 Å². The summed E-state index contributed by atoms with van der Waals surface area (Å²) in [4.78, 5) is 0. The van der Waals surface area contributed by atoms with E-state index in [0.717, 1.165) is 25.1 Å². The molecule has 1 N–H and O–H groups in total. The smallest absolute Gasteiger partial charge is 0.126 e. The van der Waals surface area contributed by atoms with Crippen LogP contribution in [-0.4, -0.2) is 13.1 Å². The summed E-state index contributed by atoms with van der Waals surface area (Å²) in [5.74, 6) is 0.0568. The summed E-state index contributed by atoms with van der Waals surface area (Å²) in [6.45, 7) is 5.85. The van der Waals surface area contributed by atoms with Gasteiger partial charge in [0.25, 0.3) is 0 Å². The zero-order valence-electron chi connectivity index (χ0n) is 12.2. The topological polar surface area (TPSA) is 12.0 Å². The lowest BCUT2D eigenvalue weighted by Gasteiger charge is -2.18. The van der Waals surface area contributed by atoms with Crippen molar-refractivity contribution >= 4 is 0 Å². The van der Waals surface area contributed by atoms with Crippen molar-refractivity contribution in [1.82, 2.24) is 5.32 Å². The first-order valence-electron chi connectivity index (χ1n) is 7.21. The fourth-order valence-corrected chi connectivity index (χ4v) is 2.43. The highest BCUT2D eigenvalue weighted by molar-refractivity contribution is 5.27. The highest BCUT2D eigenvalue weighted by atomic mass is 19.1. The number of likely N-dealkylation sites (N-methyl/N-ethyl adjacent to an activating group) is 1. The summed E-state index contributed by atoms with van der Waals surface area (Å²) in [5.41, 5.74) is 3.30. The summed E-state index contributed by atoms with van der Waals surface area (Å²) >= 11 is 0. The number of aryl methyl sites for hydroxylation is 1. The van der Waals surface area contributed by atoms with Gasteiger partial charge < -0.3 is 5.32 Å². The number of nitrogens with one attached hydrogen (secondary N) is 1. The van der Waals surface area contributed by atoms with Gasteiger partial charge in [-0.3, -0.25) is 0 Å². The Hall–Kier alpha value is -1.67. The van der Waals surface area contributed by atoms with Crippen LogP contribution in [0.5, 0.6) is 0 Å². The molecule has 0 amide bonds. The van der Waals surface area contributed by atoms with Crippen molar-refractivity contribution in [3.63, 3.8) is 0 Å². The van der Waals surface area contributed by atoms with Crippen LogP contribution in [0, 0.1) is 12.7 Å². The molecule has 0 aliphatic carbocycles. The molecule has 20 heavy (non-hydrogen) atoms. The molecule has 0 heterocycles. The fourth-order valence-electron chi connectivity index (χ4n) is 2.43. The molecular formula is C18H22FN. The Morgan fingerprint density at radius 1 is 1.05 bits per heavy atom. The number of hydrogen-bond acceptors (Lipinski definition) is 1. The Labute approximate surface area is 120 Å². The van der Waals surface area contributed by atoms with Gasteiger partial charge in [-0.1, -0.05) is 55.0 Å². The van der Waals surface area contributed by atoms with Crippen LogP contribution in [0.4, 0.5) is 4.39 Å². The van der Waals surface area contributed by atoms with Gasteiger partial charge in [0.1, 0.15) is 5.82 Å². The van der Waals surface area contributed by atoms with Crippen LogP contribution in [0.15, 0.2) is 48.5 Å². The molecule has 0 radical (unpaired) electrons. The van der Waals surface area contributed by atoms with Crippen LogP contribution in [-0.2, 0) is 6.42 Å². The van der Waals surface area contributed by atoms with E-state index in [0.29, 0.717) is 0 Å². The lowest BCUT2D eigenvalue weighted by molar-refractivity contribution is 0.544. The van der Waals surface area contributed by atoms with Crippen LogP contribution in [0.2, 0.25) is 0 Å². The molecule has 2 heteroatoms. The van der Waals surface area contributed by atoms with E-state index in [1.54, 1.807) is 12.1 Å². The standard InChI is InChI=1S/C18H22FN/c1-3-20-13-16(17-6-4-5-7-18(17)19)12-15-10-8-14(2)9-11-15/h4-11,16,20H,3,12-13H2,1-2H3. The lowest BCUT2D eigenvalue weighted by Crippen LogP contribution is -2.23. The summed E-state index contributed by atoms with van der Waals surface area (Å²) < 4.78 is 14.0. The molecule has 1 nitrogen and oxygen atoms in total. The van der Waals surface area contributed by atoms with E-state index in [9.17, 15) is 4.39 Å². The van der Waals surface area contributed by atoms with E-state index in [1.807, 2.05) is 12.1 Å². The Bertz CT molecular complexity index is 533. The molecule has 2 aromatic rings. The monoisotopic (exact) mass is 271 g/mol. The molecular weight excluding hydrogens is 249 g/mol. The van der Waals surface area contributed by atoms with Gasteiger partial charge in [0.05, 0.1) is 0 Å². The second-order valence-corrected chi connectivity index (χ2v) is 5.22. The maximum atomic E-state index is 14.0. The highest BCUT2D eigenvalue weighted by Gasteiger charge is 2.15. The van der Waals surface area contributed by atoms with Crippen molar-refractivity contribution < 1.29 is 4.39 Å². The van der Waals surface area contributed by atoms with Crippen LogP contribution in [0.3, 0.4) is 0 Å². The van der Waals surface area contributed by atoms with Crippen LogP contribution >= 0.6 is 0 Å². The van der Waals surface area contributed by atoms with Crippen LogP contribution < -0.4 is 5.32 Å². The van der Waals surface area contributed by atoms with Crippen molar-refractivity contribution in [3.05, 3.63) is 71.0 Å². The molecule has 2 aromatic carbocycles. The lowest BCUT2D eigenvalue weighted by atomic mass is 9.91. The summed E-state index contributed by atoms with van der Waals surface area (Å²) in [5, 5.41) is 3.34. The van der Waals surface area contributed by atoms with E-state index >= 15 is 0 Å². The first-order valence-corrected chi connectivity index (χ1v) is 7.21. The second kappa shape index (κ2) is 7.20. The molecule has 0 aromatic heterocycles. The fraction of sp³-hybridized carbons (Fsp3) is 0.333. The average molecular weight is 271 g/mol. The molecule has 1 unspecified atom stereocenters. The zero-order valence-corrected chi connectivity index (χ0v) is 12.2. The summed E-state index contributed by atoms with van der Waals surface area (Å²) in [7, 11) is 0. The van der Waals surface area contributed by atoms with E-state index in [-0.39, 0.29) is 11.7 Å². The summed E-state index contributed by atoms with van der Waals surface area (Å²) in [6, 6.07) is 15.6. The van der Waals surface area contributed by atoms with E-state index in [1.165, 1.54) is 11.1 Å². The molecule has 106 valence electrons. The van der Waals surface area contributed by atoms with Crippen molar-refractivity contribution in [1.29, 1.82) is 0 Å². The minimum atomic E-state index is -0.109. The first kappa shape index (κ1) is 14.7. The maximum Gasteiger partial charge on any atom is 0.126 e. The van der Waals surface area contributed by atoms with Gasteiger partial charge in [-0.25, -0.2) is 4.39 Å². The molecule has 2 rings (SSSR count). The van der Waals surface area contributed by atoms with Crippen molar-refractivity contribution in [2.45, 2.75) is 26.2 Å². The Morgan fingerprint density at radius 2 is 1.75 bits per heavy atom. The zero-order chi connectivity index (χ0) is 14.4. The molecule has 0 aliphatic heterocycles. The van der Waals surface area contributed by atoms with Gasteiger partial charge in [0.2, 0.25) is 0 Å². The van der Waals surface area contributed by atoms with Gasteiger partial charge in [0, 0.05) is 12.5 Å². The maximum absolute atomic E-state index is 14.0. The number of hydrogen-bond donors (Lipinski definition) is 1. The van der Waals surface area contributed by atoms with Crippen molar-refractivity contribution in [2.75, 3.05) is 13.1 Å². The van der Waals surface area contributed by atoms with Gasteiger partial charge in [-0.05, 0) is 37.1 Å². The molecule has 0 bridgehead atoms. The minimum absolute atomic E-state index is 0.109. The number of rotatable bonds is 6. The third kappa shape index (κ3) is 3.91. The van der Waals surface area contributed by atoms with Crippen LogP contribution in [0.1, 0.15) is 29.5 Å². The van der Waals surface area contributed by atoms with Gasteiger partial charge in [-0.2, -0.15) is 0 Å². The van der Waals surface area contributed by atoms with E-state index < -0.39 is 0 Å². The first-order chi connectivity index (χ1) is 9.70. The highest BCUT2D eigenvalue weighted by Crippen LogP contribution is 2.23. The Morgan fingerprint density at radius 3 is 2.40 bits per heavy atom. The summed E-state index contributed by atoms with van der Waals surface area (Å²) in [6.07, 6.45) is 0.855. The predicted molar refractivity (Wildman–Crippen MR) is 82.6 cm³/mol. The van der Waals surface area contributed by atoms with E-state index in [4.69, 9.17) is 0 Å². The average Bonchev–Trinajstić information content (AvgIpc) is 2.46. The Balaban J connectivity index is 2.19. The van der Waals surface area contributed by atoms with Gasteiger partial charge in [-0.15, -0.1) is 0 Å². The number of benzene rings is 2. The molecule has 1 atom stereocenters. The number of halogens is 1. The molecule has 0 saturated carbocycles. The molecule has 0 fully saturated rings. The normalized spacial score (nSPS) is 12.3. The third-order valence-corrected chi connectivity index (χ3v) is 3.59.